The van der Waals surface area contributed by atoms with Crippen molar-refractivity contribution in [3.8, 4) is 0 Å². The minimum Gasteiger partial charge on any atom is -0.391 e. The van der Waals surface area contributed by atoms with Crippen LogP contribution < -0.4 is 0 Å². The van der Waals surface area contributed by atoms with E-state index in [1.165, 1.54) is 4.90 Å². The Morgan fingerprint density at radius 3 is 2.71 bits per heavy atom. The number of amides is 3. The molecule has 2 aliphatic rings. The number of rotatable bonds is 5. The summed E-state index contributed by atoms with van der Waals surface area (Å²) in [5.74, 6) is -0.142. The van der Waals surface area contributed by atoms with E-state index < -0.39 is 6.10 Å². The van der Waals surface area contributed by atoms with Gasteiger partial charge in [-0.1, -0.05) is 30.3 Å². The molecule has 0 aromatic heterocycles. The van der Waals surface area contributed by atoms with Gasteiger partial charge in [-0.3, -0.25) is 9.69 Å². The molecule has 5 nitrogen and oxygen atoms in total. The van der Waals surface area contributed by atoms with E-state index in [2.05, 4.69) is 0 Å². The number of hydrogen-bond donors (Lipinski definition) is 1. The fraction of sp³-hybridized carbons (Fsp3) is 0.500. The maximum absolute atomic E-state index is 12.2. The average molecular weight is 288 g/mol. The molecule has 2 fully saturated rings. The van der Waals surface area contributed by atoms with Crippen molar-refractivity contribution in [2.75, 3.05) is 13.1 Å². The van der Waals surface area contributed by atoms with Crippen LogP contribution in [0.1, 0.15) is 24.8 Å². The van der Waals surface area contributed by atoms with Gasteiger partial charge in [0.05, 0.1) is 12.6 Å². The SMILES string of the molecule is O=C1C2CCCN2C(=O)N1CC(O)CCc1ccccc1. The highest BCUT2D eigenvalue weighted by molar-refractivity contribution is 6.04. The topological polar surface area (TPSA) is 60.9 Å². The van der Waals surface area contributed by atoms with Gasteiger partial charge < -0.3 is 10.0 Å². The van der Waals surface area contributed by atoms with Gasteiger partial charge in [0.2, 0.25) is 0 Å². The van der Waals surface area contributed by atoms with E-state index in [0.29, 0.717) is 13.0 Å². The van der Waals surface area contributed by atoms with Crippen LogP contribution in [-0.2, 0) is 11.2 Å². The summed E-state index contributed by atoms with van der Waals surface area (Å²) in [6.07, 6.45) is 2.27. The smallest absolute Gasteiger partial charge is 0.327 e. The Hall–Kier alpha value is -1.88. The molecule has 112 valence electrons. The first kappa shape index (κ1) is 14.1. The lowest BCUT2D eigenvalue weighted by molar-refractivity contribution is -0.128. The van der Waals surface area contributed by atoms with Crippen LogP contribution >= 0.6 is 0 Å². The number of aryl methyl sites for hydroxylation is 1. The van der Waals surface area contributed by atoms with E-state index in [-0.39, 0.29) is 24.5 Å². The first-order valence-corrected chi connectivity index (χ1v) is 7.51. The van der Waals surface area contributed by atoms with Gasteiger partial charge in [-0.05, 0) is 31.2 Å². The number of aliphatic hydroxyl groups excluding tert-OH is 1. The predicted octanol–water partition coefficient (Wildman–Crippen LogP) is 1.41. The van der Waals surface area contributed by atoms with Gasteiger partial charge in [-0.15, -0.1) is 0 Å². The zero-order valence-corrected chi connectivity index (χ0v) is 11.9. The molecule has 0 bridgehead atoms. The third-order valence-electron chi connectivity index (χ3n) is 4.28. The lowest BCUT2D eigenvalue weighted by atomic mass is 10.1. The van der Waals surface area contributed by atoms with Crippen LogP contribution in [0.2, 0.25) is 0 Å². The molecule has 0 aliphatic carbocycles. The number of aliphatic hydroxyl groups is 1. The molecule has 3 amide bonds. The van der Waals surface area contributed by atoms with Crippen molar-refractivity contribution in [1.29, 1.82) is 0 Å². The highest BCUT2D eigenvalue weighted by Crippen LogP contribution is 2.27. The third kappa shape index (κ3) is 2.78. The Kier molecular flexibility index (Phi) is 3.92. The fourth-order valence-electron chi connectivity index (χ4n) is 3.13. The van der Waals surface area contributed by atoms with E-state index in [1.807, 2.05) is 30.3 Å². The predicted molar refractivity (Wildman–Crippen MR) is 77.6 cm³/mol. The maximum Gasteiger partial charge on any atom is 0.327 e. The van der Waals surface area contributed by atoms with Crippen LogP contribution in [0.4, 0.5) is 4.79 Å². The third-order valence-corrected chi connectivity index (χ3v) is 4.28. The monoisotopic (exact) mass is 288 g/mol. The largest absolute Gasteiger partial charge is 0.391 e. The molecular formula is C16H20N2O3. The van der Waals surface area contributed by atoms with Gasteiger partial charge in [-0.2, -0.15) is 0 Å². The second-order valence-electron chi connectivity index (χ2n) is 5.76. The van der Waals surface area contributed by atoms with Crippen molar-refractivity contribution >= 4 is 11.9 Å². The Morgan fingerprint density at radius 1 is 1.24 bits per heavy atom. The number of β-amino-alcohol motifs (C(OH)–C–C–N with tert-alkyl or cyclic N) is 1. The number of benzene rings is 1. The van der Waals surface area contributed by atoms with E-state index in [4.69, 9.17) is 0 Å². The molecule has 2 saturated heterocycles. The second kappa shape index (κ2) is 5.85. The molecule has 0 radical (unpaired) electrons. The summed E-state index contributed by atoms with van der Waals surface area (Å²) in [5, 5.41) is 10.1. The summed E-state index contributed by atoms with van der Waals surface area (Å²) >= 11 is 0. The Balaban J connectivity index is 1.54. The summed E-state index contributed by atoms with van der Waals surface area (Å²) < 4.78 is 0. The first-order valence-electron chi connectivity index (χ1n) is 7.51. The highest BCUT2D eigenvalue weighted by Gasteiger charge is 2.47. The quantitative estimate of drug-likeness (QED) is 0.833. The van der Waals surface area contributed by atoms with Crippen LogP contribution in [0, 0.1) is 0 Å². The number of carbonyl (C=O) groups is 2. The average Bonchev–Trinajstić information content (AvgIpc) is 3.06. The number of nitrogens with zero attached hydrogens (tertiary/aromatic N) is 2. The van der Waals surface area contributed by atoms with Crippen LogP contribution in [0.5, 0.6) is 0 Å². The van der Waals surface area contributed by atoms with Crippen molar-refractivity contribution in [2.45, 2.75) is 37.8 Å². The molecule has 0 spiro atoms. The van der Waals surface area contributed by atoms with Gasteiger partial charge in [-0.25, -0.2) is 4.79 Å². The summed E-state index contributed by atoms with van der Waals surface area (Å²) in [6.45, 7) is 0.767. The van der Waals surface area contributed by atoms with Crippen LogP contribution in [0.15, 0.2) is 30.3 Å². The summed E-state index contributed by atoms with van der Waals surface area (Å²) in [6, 6.07) is 9.38. The molecule has 5 heteroatoms. The van der Waals surface area contributed by atoms with Crippen LogP contribution in [0.3, 0.4) is 0 Å². The highest BCUT2D eigenvalue weighted by atomic mass is 16.3. The van der Waals surface area contributed by atoms with E-state index in [9.17, 15) is 14.7 Å². The molecule has 2 heterocycles. The number of fused-ring (bicyclic) bond motifs is 1. The maximum atomic E-state index is 12.2. The molecule has 1 N–H and O–H groups in total. The molecule has 2 unspecified atom stereocenters. The van der Waals surface area contributed by atoms with E-state index in [1.54, 1.807) is 4.90 Å². The number of urea groups is 1. The molecule has 3 rings (SSSR count). The molecule has 2 aliphatic heterocycles. The van der Waals surface area contributed by atoms with Crippen LogP contribution in [-0.4, -0.2) is 52.1 Å². The van der Waals surface area contributed by atoms with Gasteiger partial charge in [0, 0.05) is 6.54 Å². The fourth-order valence-corrected chi connectivity index (χ4v) is 3.13. The first-order chi connectivity index (χ1) is 10.2. The van der Waals surface area contributed by atoms with Crippen molar-refractivity contribution in [1.82, 2.24) is 9.80 Å². The molecule has 0 saturated carbocycles. The van der Waals surface area contributed by atoms with Gasteiger partial charge in [0.1, 0.15) is 6.04 Å². The minimum atomic E-state index is -0.668. The van der Waals surface area contributed by atoms with Gasteiger partial charge in [0.15, 0.2) is 0 Å². The van der Waals surface area contributed by atoms with Gasteiger partial charge >= 0.3 is 6.03 Å². The Morgan fingerprint density at radius 2 is 2.00 bits per heavy atom. The molecule has 2 atom stereocenters. The lowest BCUT2D eigenvalue weighted by Gasteiger charge is -2.19. The summed E-state index contributed by atoms with van der Waals surface area (Å²) in [4.78, 5) is 27.1. The normalized spacial score (nSPS) is 22.8. The Labute approximate surface area is 124 Å². The van der Waals surface area contributed by atoms with E-state index >= 15 is 0 Å². The number of carbonyl (C=O) groups excluding carboxylic acids is 2. The Bertz CT molecular complexity index is 510. The second-order valence-corrected chi connectivity index (χ2v) is 5.76. The van der Waals surface area contributed by atoms with Crippen LogP contribution in [0.25, 0.3) is 0 Å². The molecular weight excluding hydrogens is 268 g/mol. The number of imide groups is 1. The van der Waals surface area contributed by atoms with Crippen molar-refractivity contribution < 1.29 is 14.7 Å². The molecule has 21 heavy (non-hydrogen) atoms. The minimum absolute atomic E-state index is 0.109. The number of hydrogen-bond acceptors (Lipinski definition) is 3. The van der Waals surface area contributed by atoms with Crippen molar-refractivity contribution in [2.24, 2.45) is 0 Å². The lowest BCUT2D eigenvalue weighted by Crippen LogP contribution is -2.39. The summed E-state index contributed by atoms with van der Waals surface area (Å²) in [5.41, 5.74) is 1.15. The zero-order valence-electron chi connectivity index (χ0n) is 11.9. The van der Waals surface area contributed by atoms with E-state index in [0.717, 1.165) is 24.8 Å². The van der Waals surface area contributed by atoms with Gasteiger partial charge in [0.25, 0.3) is 5.91 Å². The van der Waals surface area contributed by atoms with Crippen molar-refractivity contribution in [3.05, 3.63) is 35.9 Å². The summed E-state index contributed by atoms with van der Waals surface area (Å²) in [7, 11) is 0. The molecule has 1 aromatic carbocycles. The molecule has 1 aromatic rings. The van der Waals surface area contributed by atoms with Crippen molar-refractivity contribution in [3.63, 3.8) is 0 Å². The zero-order chi connectivity index (χ0) is 14.8. The standard InChI is InChI=1S/C16H20N2O3/c19-13(9-8-12-5-2-1-3-6-12)11-18-15(20)14-7-4-10-17(14)16(18)21/h1-3,5-6,13-14,19H,4,7-11H2.